The van der Waals surface area contributed by atoms with Gasteiger partial charge in [0.25, 0.3) is 5.91 Å². The standard InChI is InChI=1S/C21H21BrN2O3S/c1-12-7-13(2)16(14(3)8-12)10-19(25)23-21-24(11-20(26)27-4)17-6-5-15(22)9-18(17)28-21/h5-9H,10-11H2,1-4H3. The Morgan fingerprint density at radius 2 is 1.82 bits per heavy atom. The van der Waals surface area contributed by atoms with Gasteiger partial charge in [0.2, 0.25) is 0 Å². The van der Waals surface area contributed by atoms with Gasteiger partial charge in [-0.05, 0) is 55.7 Å². The van der Waals surface area contributed by atoms with E-state index in [0.29, 0.717) is 4.80 Å². The van der Waals surface area contributed by atoms with Crippen molar-refractivity contribution in [3.63, 3.8) is 0 Å². The van der Waals surface area contributed by atoms with Crippen molar-refractivity contribution in [1.82, 2.24) is 4.57 Å². The Bertz CT molecular complexity index is 1120. The van der Waals surface area contributed by atoms with E-state index in [4.69, 9.17) is 4.74 Å². The van der Waals surface area contributed by atoms with Gasteiger partial charge in [0.15, 0.2) is 4.80 Å². The number of benzene rings is 2. The number of methoxy groups -OCH3 is 1. The Morgan fingerprint density at radius 3 is 2.46 bits per heavy atom. The lowest BCUT2D eigenvalue weighted by atomic mass is 9.97. The van der Waals surface area contributed by atoms with E-state index in [2.05, 4.69) is 33.1 Å². The first-order valence-electron chi connectivity index (χ1n) is 8.78. The number of carbonyl (C=O) groups excluding carboxylic acids is 2. The molecule has 0 aliphatic heterocycles. The molecular weight excluding hydrogens is 440 g/mol. The molecule has 3 aromatic rings. The minimum atomic E-state index is -0.387. The number of rotatable bonds is 4. The van der Waals surface area contributed by atoms with Gasteiger partial charge in [-0.1, -0.05) is 45.0 Å². The van der Waals surface area contributed by atoms with E-state index in [9.17, 15) is 9.59 Å². The summed E-state index contributed by atoms with van der Waals surface area (Å²) in [4.78, 5) is 29.4. The molecule has 3 rings (SSSR count). The molecule has 1 aromatic heterocycles. The maximum Gasteiger partial charge on any atom is 0.325 e. The van der Waals surface area contributed by atoms with Gasteiger partial charge >= 0.3 is 5.97 Å². The van der Waals surface area contributed by atoms with Crippen LogP contribution in [0.2, 0.25) is 0 Å². The molecule has 0 atom stereocenters. The van der Waals surface area contributed by atoms with E-state index in [1.165, 1.54) is 24.0 Å². The van der Waals surface area contributed by atoms with Gasteiger partial charge in [-0.15, -0.1) is 0 Å². The zero-order valence-electron chi connectivity index (χ0n) is 16.2. The monoisotopic (exact) mass is 460 g/mol. The zero-order valence-corrected chi connectivity index (χ0v) is 18.6. The Morgan fingerprint density at radius 1 is 1.14 bits per heavy atom. The fraction of sp³-hybridized carbons (Fsp3) is 0.286. The third-order valence-corrected chi connectivity index (χ3v) is 6.08. The summed E-state index contributed by atoms with van der Waals surface area (Å²) in [6.07, 6.45) is 0.230. The predicted molar refractivity (Wildman–Crippen MR) is 114 cm³/mol. The number of nitrogens with zero attached hydrogens (tertiary/aromatic N) is 2. The lowest BCUT2D eigenvalue weighted by molar-refractivity contribution is -0.141. The van der Waals surface area contributed by atoms with Crippen LogP contribution in [-0.4, -0.2) is 23.6 Å². The van der Waals surface area contributed by atoms with Crippen molar-refractivity contribution < 1.29 is 14.3 Å². The van der Waals surface area contributed by atoms with Gasteiger partial charge in [0, 0.05) is 4.47 Å². The molecule has 2 aromatic carbocycles. The molecule has 0 aliphatic rings. The molecule has 1 heterocycles. The van der Waals surface area contributed by atoms with Crippen molar-refractivity contribution in [1.29, 1.82) is 0 Å². The summed E-state index contributed by atoms with van der Waals surface area (Å²) in [6, 6.07) is 9.89. The van der Waals surface area contributed by atoms with Gasteiger partial charge in [-0.3, -0.25) is 9.59 Å². The number of thiazole rings is 1. The van der Waals surface area contributed by atoms with E-state index in [1.54, 1.807) is 4.57 Å². The highest BCUT2D eigenvalue weighted by atomic mass is 79.9. The highest BCUT2D eigenvalue weighted by Crippen LogP contribution is 2.22. The number of hydrogen-bond donors (Lipinski definition) is 0. The number of carbonyl (C=O) groups is 2. The van der Waals surface area contributed by atoms with Crippen LogP contribution in [0.15, 0.2) is 39.8 Å². The fourth-order valence-corrected chi connectivity index (χ4v) is 4.86. The van der Waals surface area contributed by atoms with Crippen LogP contribution in [0, 0.1) is 20.8 Å². The molecule has 0 N–H and O–H groups in total. The molecule has 0 fully saturated rings. The van der Waals surface area contributed by atoms with Gasteiger partial charge in [0.05, 0.1) is 23.7 Å². The van der Waals surface area contributed by atoms with Gasteiger partial charge in [-0.2, -0.15) is 4.99 Å². The van der Waals surface area contributed by atoms with E-state index in [-0.39, 0.29) is 24.8 Å². The van der Waals surface area contributed by atoms with Crippen LogP contribution < -0.4 is 4.80 Å². The summed E-state index contributed by atoms with van der Waals surface area (Å²) in [5, 5.41) is 0. The van der Waals surface area contributed by atoms with Gasteiger partial charge in [0.1, 0.15) is 6.54 Å². The molecule has 1 amide bonds. The number of aromatic nitrogens is 1. The second kappa shape index (κ2) is 8.41. The van der Waals surface area contributed by atoms with Crippen LogP contribution >= 0.6 is 27.3 Å². The maximum absolute atomic E-state index is 12.7. The van der Waals surface area contributed by atoms with Crippen molar-refractivity contribution in [2.45, 2.75) is 33.7 Å². The molecule has 0 saturated heterocycles. The zero-order chi connectivity index (χ0) is 20.4. The molecule has 0 bridgehead atoms. The average molecular weight is 461 g/mol. The highest BCUT2D eigenvalue weighted by Gasteiger charge is 2.13. The first-order valence-corrected chi connectivity index (χ1v) is 10.4. The molecule has 0 saturated carbocycles. The number of fused-ring (bicyclic) bond motifs is 1. The number of ether oxygens (including phenoxy) is 1. The average Bonchev–Trinajstić information content (AvgIpc) is 2.94. The highest BCUT2D eigenvalue weighted by molar-refractivity contribution is 9.10. The van der Waals surface area contributed by atoms with E-state index in [1.807, 2.05) is 39.0 Å². The second-order valence-corrected chi connectivity index (χ2v) is 8.64. The van der Waals surface area contributed by atoms with E-state index >= 15 is 0 Å². The molecule has 0 unspecified atom stereocenters. The Kier molecular flexibility index (Phi) is 6.15. The van der Waals surface area contributed by atoms with Crippen molar-refractivity contribution in [2.75, 3.05) is 7.11 Å². The van der Waals surface area contributed by atoms with Crippen molar-refractivity contribution in [3.05, 3.63) is 61.9 Å². The van der Waals surface area contributed by atoms with Crippen LogP contribution in [0.5, 0.6) is 0 Å². The summed E-state index contributed by atoms with van der Waals surface area (Å²) in [5.41, 5.74) is 5.19. The summed E-state index contributed by atoms with van der Waals surface area (Å²) in [5.74, 6) is -0.624. The third-order valence-electron chi connectivity index (χ3n) is 4.55. The first kappa shape index (κ1) is 20.5. The molecule has 0 radical (unpaired) electrons. The smallest absolute Gasteiger partial charge is 0.325 e. The Hall–Kier alpha value is -2.25. The Balaban J connectivity index is 2.04. The van der Waals surface area contributed by atoms with Gasteiger partial charge in [-0.25, -0.2) is 0 Å². The lowest BCUT2D eigenvalue weighted by Crippen LogP contribution is -2.22. The quantitative estimate of drug-likeness (QED) is 0.547. The molecule has 28 heavy (non-hydrogen) atoms. The van der Waals surface area contributed by atoms with Crippen LogP contribution in [0.1, 0.15) is 22.3 Å². The number of esters is 1. The fourth-order valence-electron chi connectivity index (χ4n) is 3.27. The summed E-state index contributed by atoms with van der Waals surface area (Å²) in [6.45, 7) is 6.07. The molecule has 0 spiro atoms. The number of aryl methyl sites for hydroxylation is 3. The number of amides is 1. The van der Waals surface area contributed by atoms with Crippen molar-refractivity contribution >= 4 is 49.4 Å². The van der Waals surface area contributed by atoms with Crippen molar-refractivity contribution in [3.8, 4) is 0 Å². The van der Waals surface area contributed by atoms with E-state index < -0.39 is 0 Å². The molecule has 5 nitrogen and oxygen atoms in total. The minimum Gasteiger partial charge on any atom is -0.468 e. The van der Waals surface area contributed by atoms with Crippen LogP contribution in [-0.2, 0) is 27.3 Å². The maximum atomic E-state index is 12.7. The SMILES string of the molecule is COC(=O)Cn1c(=NC(=O)Cc2c(C)cc(C)cc2C)sc2cc(Br)ccc21. The number of hydrogen-bond acceptors (Lipinski definition) is 4. The van der Waals surface area contributed by atoms with Crippen LogP contribution in [0.25, 0.3) is 10.2 Å². The predicted octanol–water partition coefficient (Wildman–Crippen LogP) is 4.23. The molecular formula is C21H21BrN2O3S. The Labute approximate surface area is 175 Å². The normalized spacial score (nSPS) is 11.8. The summed E-state index contributed by atoms with van der Waals surface area (Å²) < 4.78 is 8.39. The summed E-state index contributed by atoms with van der Waals surface area (Å²) in [7, 11) is 1.35. The minimum absolute atomic E-state index is 0.00678. The number of halogens is 1. The largest absolute Gasteiger partial charge is 0.468 e. The van der Waals surface area contributed by atoms with Crippen molar-refractivity contribution in [2.24, 2.45) is 4.99 Å². The van der Waals surface area contributed by atoms with Crippen LogP contribution in [0.4, 0.5) is 0 Å². The lowest BCUT2D eigenvalue weighted by Gasteiger charge is -2.09. The molecule has 0 aliphatic carbocycles. The molecule has 7 heteroatoms. The van der Waals surface area contributed by atoms with Crippen LogP contribution in [0.3, 0.4) is 0 Å². The van der Waals surface area contributed by atoms with E-state index in [0.717, 1.165) is 31.4 Å². The summed E-state index contributed by atoms with van der Waals surface area (Å²) >= 11 is 4.83. The topological polar surface area (TPSA) is 60.7 Å². The first-order chi connectivity index (χ1) is 13.3. The second-order valence-electron chi connectivity index (χ2n) is 6.72. The molecule has 146 valence electrons. The third kappa shape index (κ3) is 4.42. The van der Waals surface area contributed by atoms with Gasteiger partial charge < -0.3 is 9.30 Å².